The summed E-state index contributed by atoms with van der Waals surface area (Å²) >= 11 is 0. The largest absolute Gasteiger partial charge is 0.496 e. The van der Waals surface area contributed by atoms with Gasteiger partial charge in [0.1, 0.15) is 11.5 Å². The summed E-state index contributed by atoms with van der Waals surface area (Å²) in [5.41, 5.74) is 2.19. The van der Waals surface area contributed by atoms with Gasteiger partial charge in [-0.15, -0.1) is 0 Å². The number of rotatable bonds is 7. The van der Waals surface area contributed by atoms with Crippen molar-refractivity contribution in [2.75, 3.05) is 53.6 Å². The first-order valence-electron chi connectivity index (χ1n) is 9.99. The van der Waals surface area contributed by atoms with Gasteiger partial charge in [-0.2, -0.15) is 0 Å². The summed E-state index contributed by atoms with van der Waals surface area (Å²) in [5, 5.41) is 19.6. The normalized spacial score (nSPS) is 25.1. The molecule has 2 saturated heterocycles. The molecule has 1 aromatic carbocycles. The summed E-state index contributed by atoms with van der Waals surface area (Å²) in [6, 6.07) is 4.08. The van der Waals surface area contributed by atoms with Crippen molar-refractivity contribution in [3.8, 4) is 11.5 Å². The second kappa shape index (κ2) is 9.24. The number of hydrogen-bond donors (Lipinski definition) is 2. The zero-order valence-electron chi connectivity index (χ0n) is 16.9. The van der Waals surface area contributed by atoms with Gasteiger partial charge in [0.15, 0.2) is 0 Å². The van der Waals surface area contributed by atoms with E-state index in [2.05, 4.69) is 15.9 Å². The number of benzene rings is 1. The lowest BCUT2D eigenvalue weighted by Gasteiger charge is -2.32. The Kier molecular flexibility index (Phi) is 6.98. The molecule has 0 aromatic heterocycles. The summed E-state index contributed by atoms with van der Waals surface area (Å²) in [6.07, 6.45) is 1.59. The van der Waals surface area contributed by atoms with Gasteiger partial charge in [-0.3, -0.25) is 4.90 Å². The first-order valence-corrected chi connectivity index (χ1v) is 9.99. The van der Waals surface area contributed by atoms with Gasteiger partial charge in [0.05, 0.1) is 20.3 Å². The maximum absolute atomic E-state index is 9.88. The van der Waals surface area contributed by atoms with Gasteiger partial charge in [-0.1, -0.05) is 6.07 Å². The molecule has 2 aliphatic heterocycles. The average Bonchev–Trinajstić information content (AvgIpc) is 3.05. The second-order valence-electron chi connectivity index (χ2n) is 8.01. The molecule has 0 spiro atoms. The predicted octanol–water partition coefficient (Wildman–Crippen LogP) is 1.51. The summed E-state index contributed by atoms with van der Waals surface area (Å²) in [5.74, 6) is 2.51. The van der Waals surface area contributed by atoms with Crippen LogP contribution in [0.2, 0.25) is 0 Å². The Bertz CT molecular complexity index is 616. The van der Waals surface area contributed by atoms with Crippen molar-refractivity contribution in [1.82, 2.24) is 9.80 Å². The van der Waals surface area contributed by atoms with Crippen LogP contribution in [0, 0.1) is 18.8 Å². The lowest BCUT2D eigenvalue weighted by Crippen LogP contribution is -2.40. The number of nitrogens with zero attached hydrogens (tertiary/aromatic N) is 2. The molecule has 0 radical (unpaired) electrons. The van der Waals surface area contributed by atoms with Gasteiger partial charge in [0, 0.05) is 57.0 Å². The second-order valence-corrected chi connectivity index (χ2v) is 8.01. The minimum Gasteiger partial charge on any atom is -0.496 e. The van der Waals surface area contributed by atoms with Gasteiger partial charge >= 0.3 is 0 Å². The van der Waals surface area contributed by atoms with Crippen LogP contribution in [0.15, 0.2) is 12.1 Å². The number of piperidine rings is 1. The van der Waals surface area contributed by atoms with E-state index in [1.807, 2.05) is 13.0 Å². The van der Waals surface area contributed by atoms with E-state index < -0.39 is 0 Å². The first kappa shape index (κ1) is 20.4. The summed E-state index contributed by atoms with van der Waals surface area (Å²) < 4.78 is 11.1. The molecule has 2 fully saturated rings. The maximum atomic E-state index is 9.88. The Hall–Kier alpha value is -1.34. The third-order valence-electron chi connectivity index (χ3n) is 6.19. The smallest absolute Gasteiger partial charge is 0.129 e. The minimum atomic E-state index is -0.138. The molecule has 0 bridgehead atoms. The van der Waals surface area contributed by atoms with Crippen molar-refractivity contribution >= 4 is 0 Å². The van der Waals surface area contributed by atoms with Crippen molar-refractivity contribution < 1.29 is 19.7 Å². The van der Waals surface area contributed by atoms with E-state index in [4.69, 9.17) is 9.47 Å². The van der Waals surface area contributed by atoms with Gasteiger partial charge in [0.25, 0.3) is 0 Å². The molecule has 6 nitrogen and oxygen atoms in total. The molecule has 2 N–H and O–H groups in total. The molecule has 2 aliphatic rings. The van der Waals surface area contributed by atoms with Crippen molar-refractivity contribution in [3.63, 3.8) is 0 Å². The van der Waals surface area contributed by atoms with Crippen LogP contribution in [0.3, 0.4) is 0 Å². The van der Waals surface area contributed by atoms with Crippen molar-refractivity contribution in [1.29, 1.82) is 0 Å². The van der Waals surface area contributed by atoms with E-state index in [9.17, 15) is 10.2 Å². The third-order valence-corrected chi connectivity index (χ3v) is 6.19. The van der Waals surface area contributed by atoms with Crippen LogP contribution in [0.1, 0.15) is 24.0 Å². The van der Waals surface area contributed by atoms with Gasteiger partial charge in [-0.25, -0.2) is 0 Å². The third kappa shape index (κ3) is 4.74. The molecule has 152 valence electrons. The highest BCUT2D eigenvalue weighted by Crippen LogP contribution is 2.34. The molecule has 1 aromatic rings. The predicted molar refractivity (Wildman–Crippen MR) is 105 cm³/mol. The molecular weight excluding hydrogens is 344 g/mol. The van der Waals surface area contributed by atoms with Crippen LogP contribution in [0.4, 0.5) is 0 Å². The highest BCUT2D eigenvalue weighted by atomic mass is 16.5. The molecule has 2 atom stereocenters. The Balaban J connectivity index is 1.64. The van der Waals surface area contributed by atoms with E-state index in [1.165, 1.54) is 0 Å². The molecule has 0 aliphatic carbocycles. The van der Waals surface area contributed by atoms with Crippen LogP contribution in [0.25, 0.3) is 0 Å². The van der Waals surface area contributed by atoms with E-state index in [1.54, 1.807) is 14.2 Å². The fourth-order valence-electron chi connectivity index (χ4n) is 4.61. The fourth-order valence-corrected chi connectivity index (χ4v) is 4.61. The highest BCUT2D eigenvalue weighted by Gasteiger charge is 2.34. The van der Waals surface area contributed by atoms with Gasteiger partial charge in [-0.05, 0) is 37.7 Å². The minimum absolute atomic E-state index is 0.138. The van der Waals surface area contributed by atoms with E-state index in [0.29, 0.717) is 11.8 Å². The Morgan fingerprint density at radius 2 is 1.74 bits per heavy atom. The topological polar surface area (TPSA) is 65.4 Å². The SMILES string of the molecule is COc1ccc(CN2CC(CO)C(CN3CCC(O)CC3)C2)c(OC)c1C. The maximum Gasteiger partial charge on any atom is 0.129 e. The summed E-state index contributed by atoms with van der Waals surface area (Å²) in [7, 11) is 3.39. The number of aliphatic hydroxyl groups is 2. The Morgan fingerprint density at radius 3 is 2.37 bits per heavy atom. The van der Waals surface area contributed by atoms with E-state index in [0.717, 1.165) is 74.7 Å². The molecule has 3 rings (SSSR count). The highest BCUT2D eigenvalue weighted by molar-refractivity contribution is 5.49. The number of likely N-dealkylation sites (tertiary alicyclic amines) is 2. The summed E-state index contributed by atoms with van der Waals surface area (Å²) in [4.78, 5) is 4.87. The number of aliphatic hydroxyl groups excluding tert-OH is 2. The van der Waals surface area contributed by atoms with Crippen LogP contribution in [-0.2, 0) is 6.54 Å². The number of hydrogen-bond acceptors (Lipinski definition) is 6. The monoisotopic (exact) mass is 378 g/mol. The molecule has 0 amide bonds. The average molecular weight is 379 g/mol. The molecular formula is C21H34N2O4. The standard InChI is InChI=1S/C21H34N2O4/c1-15-20(26-2)5-4-16(21(15)27-3)10-23-12-17(18(13-23)14-24)11-22-8-6-19(25)7-9-22/h4-5,17-19,24-25H,6-14H2,1-3H3. The van der Waals surface area contributed by atoms with Crippen molar-refractivity contribution in [2.24, 2.45) is 11.8 Å². The molecule has 0 saturated carbocycles. The van der Waals surface area contributed by atoms with Crippen LogP contribution >= 0.6 is 0 Å². The van der Waals surface area contributed by atoms with Crippen LogP contribution in [-0.4, -0.2) is 79.7 Å². The first-order chi connectivity index (χ1) is 13.0. The molecule has 2 heterocycles. The summed E-state index contributed by atoms with van der Waals surface area (Å²) in [6.45, 7) is 7.89. The fraction of sp³-hybridized carbons (Fsp3) is 0.714. The van der Waals surface area contributed by atoms with Crippen LogP contribution < -0.4 is 9.47 Å². The quantitative estimate of drug-likeness (QED) is 0.750. The van der Waals surface area contributed by atoms with E-state index >= 15 is 0 Å². The Morgan fingerprint density at radius 1 is 1.04 bits per heavy atom. The molecule has 27 heavy (non-hydrogen) atoms. The molecule has 2 unspecified atom stereocenters. The van der Waals surface area contributed by atoms with Gasteiger partial charge in [0.2, 0.25) is 0 Å². The zero-order chi connectivity index (χ0) is 19.4. The van der Waals surface area contributed by atoms with Crippen molar-refractivity contribution in [2.45, 2.75) is 32.4 Å². The molecule has 6 heteroatoms. The lowest BCUT2D eigenvalue weighted by molar-refractivity contribution is 0.0684. The zero-order valence-corrected chi connectivity index (χ0v) is 16.9. The Labute approximate surface area is 162 Å². The number of ether oxygens (including phenoxy) is 2. The van der Waals surface area contributed by atoms with Gasteiger partial charge < -0.3 is 24.6 Å². The van der Waals surface area contributed by atoms with E-state index in [-0.39, 0.29) is 12.7 Å². The lowest BCUT2D eigenvalue weighted by atomic mass is 9.95. The van der Waals surface area contributed by atoms with Crippen LogP contribution in [0.5, 0.6) is 11.5 Å². The number of methoxy groups -OCH3 is 2. The van der Waals surface area contributed by atoms with Crippen molar-refractivity contribution in [3.05, 3.63) is 23.3 Å².